The Bertz CT molecular complexity index is 863. The average Bonchev–Trinajstić information content (AvgIpc) is 3.09. The maximum Gasteiger partial charge on any atom is 0.247 e. The Morgan fingerprint density at radius 3 is 3.00 bits per heavy atom. The van der Waals surface area contributed by atoms with Crippen molar-refractivity contribution in [1.82, 2.24) is 20.4 Å². The van der Waals surface area contributed by atoms with Crippen LogP contribution in [0.1, 0.15) is 47.8 Å². The van der Waals surface area contributed by atoms with Gasteiger partial charge in [-0.05, 0) is 48.9 Å². The van der Waals surface area contributed by atoms with Crippen LogP contribution < -0.4 is 5.32 Å². The van der Waals surface area contributed by atoms with Gasteiger partial charge in [0.05, 0.1) is 5.69 Å². The van der Waals surface area contributed by atoms with Crippen molar-refractivity contribution >= 4 is 11.8 Å². The first-order valence-corrected chi connectivity index (χ1v) is 9.51. The van der Waals surface area contributed by atoms with E-state index in [1.54, 1.807) is 17.0 Å². The molecule has 142 valence electrons. The molecule has 0 unspecified atom stereocenters. The Hall–Kier alpha value is -2.70. The summed E-state index contributed by atoms with van der Waals surface area (Å²) < 4.78 is 13.6. The van der Waals surface area contributed by atoms with E-state index >= 15 is 0 Å². The number of amides is 2. The van der Waals surface area contributed by atoms with Crippen molar-refractivity contribution in [2.24, 2.45) is 0 Å². The van der Waals surface area contributed by atoms with E-state index < -0.39 is 11.9 Å². The Kier molecular flexibility index (Phi) is 4.92. The van der Waals surface area contributed by atoms with Gasteiger partial charge in [0.1, 0.15) is 11.9 Å². The van der Waals surface area contributed by atoms with Gasteiger partial charge in [0, 0.05) is 31.6 Å². The summed E-state index contributed by atoms with van der Waals surface area (Å²) in [7, 11) is 0. The molecule has 1 aliphatic heterocycles. The number of hydrogen-bond acceptors (Lipinski definition) is 3. The number of aromatic amines is 1. The highest BCUT2D eigenvalue weighted by molar-refractivity contribution is 5.89. The fraction of sp³-hybridized carbons (Fsp3) is 0.450. The fourth-order valence-corrected chi connectivity index (χ4v) is 4.07. The molecule has 1 aliphatic carbocycles. The first-order valence-electron chi connectivity index (χ1n) is 9.51. The summed E-state index contributed by atoms with van der Waals surface area (Å²) in [5.41, 5.74) is 3.91. The summed E-state index contributed by atoms with van der Waals surface area (Å²) in [5, 5.41) is 10.3. The van der Waals surface area contributed by atoms with Gasteiger partial charge in [-0.25, -0.2) is 4.39 Å². The quantitative estimate of drug-likeness (QED) is 0.865. The molecule has 1 atom stereocenters. The number of benzene rings is 1. The Balaban J connectivity index is 1.49. The van der Waals surface area contributed by atoms with E-state index in [2.05, 4.69) is 15.5 Å². The maximum atomic E-state index is 13.6. The van der Waals surface area contributed by atoms with Crippen LogP contribution in [0.25, 0.3) is 0 Å². The molecule has 0 bridgehead atoms. The molecule has 7 heteroatoms. The number of H-pyrrole nitrogens is 1. The molecule has 27 heavy (non-hydrogen) atoms. The standard InChI is InChI=1S/C20H23FN4O2/c21-14-5-3-4-13(12-14)19-20(27)22-10-11-25(19)18(26)9-8-17-15-6-1-2-7-16(15)23-24-17/h3-5,12,19H,1-2,6-11H2,(H,22,27)(H,23,24)/t19-/m0/s1. The number of aryl methyl sites for hydroxylation is 2. The van der Waals surface area contributed by atoms with Gasteiger partial charge in [-0.15, -0.1) is 0 Å². The van der Waals surface area contributed by atoms with Gasteiger partial charge < -0.3 is 10.2 Å². The van der Waals surface area contributed by atoms with Gasteiger partial charge in [-0.1, -0.05) is 12.1 Å². The molecule has 2 aliphatic rings. The van der Waals surface area contributed by atoms with Gasteiger partial charge in [0.15, 0.2) is 0 Å². The number of halogens is 1. The second-order valence-electron chi connectivity index (χ2n) is 7.17. The smallest absolute Gasteiger partial charge is 0.247 e. The molecule has 1 saturated heterocycles. The minimum absolute atomic E-state index is 0.105. The summed E-state index contributed by atoms with van der Waals surface area (Å²) in [4.78, 5) is 26.9. The van der Waals surface area contributed by atoms with Crippen LogP contribution in [0.5, 0.6) is 0 Å². The molecule has 1 aromatic carbocycles. The van der Waals surface area contributed by atoms with Crippen molar-refractivity contribution in [3.8, 4) is 0 Å². The Morgan fingerprint density at radius 2 is 2.15 bits per heavy atom. The highest BCUT2D eigenvalue weighted by Gasteiger charge is 2.34. The van der Waals surface area contributed by atoms with E-state index in [1.807, 2.05) is 0 Å². The Labute approximate surface area is 157 Å². The van der Waals surface area contributed by atoms with Crippen molar-refractivity contribution in [2.75, 3.05) is 13.1 Å². The monoisotopic (exact) mass is 370 g/mol. The topological polar surface area (TPSA) is 78.1 Å². The van der Waals surface area contributed by atoms with Crippen molar-refractivity contribution in [3.05, 3.63) is 52.6 Å². The number of hydrogen-bond donors (Lipinski definition) is 2. The lowest BCUT2D eigenvalue weighted by Gasteiger charge is -2.35. The van der Waals surface area contributed by atoms with Gasteiger partial charge in [-0.3, -0.25) is 14.7 Å². The molecular formula is C20H23FN4O2. The van der Waals surface area contributed by atoms with Crippen molar-refractivity contribution in [2.45, 2.75) is 44.6 Å². The van der Waals surface area contributed by atoms with Crippen LogP contribution in [0, 0.1) is 5.82 Å². The summed E-state index contributed by atoms with van der Waals surface area (Å²) in [6.45, 7) is 0.832. The average molecular weight is 370 g/mol. The van der Waals surface area contributed by atoms with Gasteiger partial charge in [-0.2, -0.15) is 5.10 Å². The predicted molar refractivity (Wildman–Crippen MR) is 97.4 cm³/mol. The van der Waals surface area contributed by atoms with Crippen LogP contribution >= 0.6 is 0 Å². The number of nitrogens with zero attached hydrogens (tertiary/aromatic N) is 2. The lowest BCUT2D eigenvalue weighted by atomic mass is 9.94. The largest absolute Gasteiger partial charge is 0.352 e. The summed E-state index contributed by atoms with van der Waals surface area (Å²) >= 11 is 0. The molecule has 2 amide bonds. The summed E-state index contributed by atoms with van der Waals surface area (Å²) in [5.74, 6) is -0.787. The molecule has 0 spiro atoms. The van der Waals surface area contributed by atoms with Crippen molar-refractivity contribution in [1.29, 1.82) is 0 Å². The zero-order valence-electron chi connectivity index (χ0n) is 15.1. The molecule has 4 rings (SSSR count). The maximum absolute atomic E-state index is 13.6. The van der Waals surface area contributed by atoms with E-state index in [0.717, 1.165) is 25.0 Å². The van der Waals surface area contributed by atoms with Crippen molar-refractivity contribution in [3.63, 3.8) is 0 Å². The third-order valence-corrected chi connectivity index (χ3v) is 5.41. The third kappa shape index (κ3) is 3.59. The van der Waals surface area contributed by atoms with E-state index in [9.17, 15) is 14.0 Å². The third-order valence-electron chi connectivity index (χ3n) is 5.41. The molecule has 6 nitrogen and oxygen atoms in total. The van der Waals surface area contributed by atoms with Crippen LogP contribution in [0.2, 0.25) is 0 Å². The molecule has 2 aromatic rings. The molecule has 1 aromatic heterocycles. The molecule has 1 fully saturated rings. The minimum atomic E-state index is -0.782. The molecule has 2 N–H and O–H groups in total. The fourth-order valence-electron chi connectivity index (χ4n) is 4.07. The number of rotatable bonds is 4. The minimum Gasteiger partial charge on any atom is -0.352 e. The molecule has 0 radical (unpaired) electrons. The van der Waals surface area contributed by atoms with Gasteiger partial charge in [0.25, 0.3) is 0 Å². The van der Waals surface area contributed by atoms with E-state index in [4.69, 9.17) is 0 Å². The molecule has 0 saturated carbocycles. The lowest BCUT2D eigenvalue weighted by Crippen LogP contribution is -2.52. The second-order valence-corrected chi connectivity index (χ2v) is 7.17. The number of fused-ring (bicyclic) bond motifs is 1. The van der Waals surface area contributed by atoms with Crippen LogP contribution in [0.3, 0.4) is 0 Å². The summed E-state index contributed by atoms with van der Waals surface area (Å²) in [6.07, 6.45) is 5.19. The second kappa shape index (κ2) is 7.50. The predicted octanol–water partition coefficient (Wildman–Crippen LogP) is 2.06. The highest BCUT2D eigenvalue weighted by atomic mass is 19.1. The number of piperazine rings is 1. The van der Waals surface area contributed by atoms with Crippen LogP contribution in [0.4, 0.5) is 4.39 Å². The zero-order valence-corrected chi connectivity index (χ0v) is 15.1. The van der Waals surface area contributed by atoms with E-state index in [1.165, 1.54) is 29.8 Å². The van der Waals surface area contributed by atoms with Crippen LogP contribution in [-0.4, -0.2) is 40.0 Å². The van der Waals surface area contributed by atoms with Crippen LogP contribution in [-0.2, 0) is 28.9 Å². The highest BCUT2D eigenvalue weighted by Crippen LogP contribution is 2.26. The van der Waals surface area contributed by atoms with E-state index in [-0.39, 0.29) is 18.2 Å². The lowest BCUT2D eigenvalue weighted by molar-refractivity contribution is -0.143. The first-order chi connectivity index (χ1) is 13.1. The zero-order chi connectivity index (χ0) is 18.8. The van der Waals surface area contributed by atoms with Crippen LogP contribution in [0.15, 0.2) is 24.3 Å². The van der Waals surface area contributed by atoms with Gasteiger partial charge >= 0.3 is 0 Å². The van der Waals surface area contributed by atoms with Gasteiger partial charge in [0.2, 0.25) is 11.8 Å². The first kappa shape index (κ1) is 17.7. The van der Waals surface area contributed by atoms with E-state index in [0.29, 0.717) is 25.1 Å². The normalized spacial score (nSPS) is 19.5. The number of aromatic nitrogens is 2. The number of carbonyl (C=O) groups is 2. The Morgan fingerprint density at radius 1 is 1.30 bits per heavy atom. The SMILES string of the molecule is O=C1NCCN(C(=O)CCc2n[nH]c3c2CCCC3)[C@H]1c1cccc(F)c1. The molecular weight excluding hydrogens is 347 g/mol. The number of carbonyl (C=O) groups excluding carboxylic acids is 2. The molecule has 2 heterocycles. The number of nitrogens with one attached hydrogen (secondary N) is 2. The summed E-state index contributed by atoms with van der Waals surface area (Å²) in [6, 6.07) is 5.11. The van der Waals surface area contributed by atoms with Crippen molar-refractivity contribution < 1.29 is 14.0 Å².